The predicted molar refractivity (Wildman–Crippen MR) is 58.9 cm³/mol. The average molecular weight is 222 g/mol. The molecule has 88 valence electrons. The number of aliphatic hydroxyl groups excluding tert-OH is 1. The Labute approximate surface area is 95.2 Å². The summed E-state index contributed by atoms with van der Waals surface area (Å²) in [6.45, 7) is 0. The molecule has 4 unspecified atom stereocenters. The van der Waals surface area contributed by atoms with Gasteiger partial charge in [0.1, 0.15) is 0 Å². The fraction of sp³-hybridized carbons (Fsp3) is 0.750. The van der Waals surface area contributed by atoms with Crippen molar-refractivity contribution in [2.75, 3.05) is 0 Å². The fourth-order valence-corrected chi connectivity index (χ4v) is 3.05. The molecule has 2 bridgehead atoms. The third-order valence-electron chi connectivity index (χ3n) is 3.85. The van der Waals surface area contributed by atoms with Gasteiger partial charge in [0.05, 0.1) is 24.5 Å². The molecule has 1 aromatic rings. The topological polar surface area (TPSA) is 47.3 Å². The Morgan fingerprint density at radius 2 is 2.50 bits per heavy atom. The summed E-state index contributed by atoms with van der Waals surface area (Å²) in [5.41, 5.74) is 1.11. The molecule has 3 rings (SSSR count). The minimum atomic E-state index is -0.278. The first kappa shape index (κ1) is 10.3. The van der Waals surface area contributed by atoms with Crippen LogP contribution in [0.4, 0.5) is 0 Å². The summed E-state index contributed by atoms with van der Waals surface area (Å²) in [5.74, 6) is 0.332. The van der Waals surface area contributed by atoms with Gasteiger partial charge in [-0.3, -0.25) is 4.68 Å². The number of hydrogen-bond acceptors (Lipinski definition) is 3. The lowest BCUT2D eigenvalue weighted by molar-refractivity contribution is 0.0432. The van der Waals surface area contributed by atoms with Crippen LogP contribution in [0.3, 0.4) is 0 Å². The molecule has 1 N–H and O–H groups in total. The van der Waals surface area contributed by atoms with Crippen molar-refractivity contribution in [1.29, 1.82) is 0 Å². The van der Waals surface area contributed by atoms with Crippen molar-refractivity contribution in [3.63, 3.8) is 0 Å². The molecule has 4 atom stereocenters. The average Bonchev–Trinajstić information content (AvgIpc) is 2.93. The van der Waals surface area contributed by atoms with Gasteiger partial charge in [-0.15, -0.1) is 0 Å². The highest BCUT2D eigenvalue weighted by Gasteiger charge is 2.43. The number of nitrogens with zero attached hydrogens (tertiary/aromatic N) is 2. The van der Waals surface area contributed by atoms with E-state index in [0.29, 0.717) is 24.5 Å². The second-order valence-corrected chi connectivity index (χ2v) is 5.07. The minimum Gasteiger partial charge on any atom is -0.392 e. The van der Waals surface area contributed by atoms with Gasteiger partial charge in [0.15, 0.2) is 0 Å². The van der Waals surface area contributed by atoms with Crippen molar-refractivity contribution >= 4 is 0 Å². The van der Waals surface area contributed by atoms with Crippen LogP contribution in [-0.4, -0.2) is 33.2 Å². The van der Waals surface area contributed by atoms with Gasteiger partial charge >= 0.3 is 0 Å². The zero-order valence-corrected chi connectivity index (χ0v) is 9.54. The third kappa shape index (κ3) is 1.76. The molecule has 16 heavy (non-hydrogen) atoms. The van der Waals surface area contributed by atoms with Gasteiger partial charge in [-0.25, -0.2) is 0 Å². The van der Waals surface area contributed by atoms with Gasteiger partial charge in [0, 0.05) is 25.6 Å². The van der Waals surface area contributed by atoms with Crippen molar-refractivity contribution in [3.8, 4) is 0 Å². The molecule has 0 saturated carbocycles. The smallest absolute Gasteiger partial charge is 0.0635 e. The molecule has 2 aliphatic heterocycles. The van der Waals surface area contributed by atoms with Crippen molar-refractivity contribution in [2.45, 2.75) is 44.0 Å². The van der Waals surface area contributed by atoms with Crippen LogP contribution < -0.4 is 0 Å². The van der Waals surface area contributed by atoms with Crippen molar-refractivity contribution in [1.82, 2.24) is 9.78 Å². The van der Waals surface area contributed by atoms with Crippen LogP contribution in [0.15, 0.2) is 12.4 Å². The molecule has 0 aromatic carbocycles. The molecule has 0 aliphatic carbocycles. The van der Waals surface area contributed by atoms with E-state index in [4.69, 9.17) is 4.74 Å². The van der Waals surface area contributed by atoms with Gasteiger partial charge < -0.3 is 9.84 Å². The van der Waals surface area contributed by atoms with Gasteiger partial charge in [-0.05, 0) is 24.8 Å². The van der Waals surface area contributed by atoms with E-state index in [1.165, 1.54) is 6.42 Å². The molecule has 3 heterocycles. The molecule has 2 saturated heterocycles. The number of hydrogen-bond donors (Lipinski definition) is 1. The Kier molecular flexibility index (Phi) is 2.48. The minimum absolute atomic E-state index is 0.278. The van der Waals surface area contributed by atoms with E-state index in [1.807, 2.05) is 19.4 Å². The highest BCUT2D eigenvalue weighted by Crippen LogP contribution is 2.40. The van der Waals surface area contributed by atoms with Crippen LogP contribution in [0, 0.1) is 5.92 Å². The fourth-order valence-electron chi connectivity index (χ4n) is 3.05. The van der Waals surface area contributed by atoms with Gasteiger partial charge in [-0.2, -0.15) is 5.10 Å². The summed E-state index contributed by atoms with van der Waals surface area (Å²) in [5, 5.41) is 14.3. The third-order valence-corrected chi connectivity index (χ3v) is 3.85. The highest BCUT2D eigenvalue weighted by molar-refractivity contribution is 5.07. The van der Waals surface area contributed by atoms with Crippen molar-refractivity contribution in [2.24, 2.45) is 13.0 Å². The second-order valence-electron chi connectivity index (χ2n) is 5.07. The van der Waals surface area contributed by atoms with E-state index in [2.05, 4.69) is 5.10 Å². The number of ether oxygens (including phenoxy) is 1. The van der Waals surface area contributed by atoms with Crippen LogP contribution in [-0.2, 0) is 18.2 Å². The lowest BCUT2D eigenvalue weighted by atomic mass is 9.83. The van der Waals surface area contributed by atoms with Crippen LogP contribution in [0.2, 0.25) is 0 Å². The standard InChI is InChI=1S/C12H18N2O2/c1-14-7-8(6-13-14)4-11(15)10-5-9-2-3-12(10)16-9/h6-7,9-12,15H,2-5H2,1H3. The van der Waals surface area contributed by atoms with E-state index in [-0.39, 0.29) is 6.10 Å². The number of fused-ring (bicyclic) bond motifs is 2. The summed E-state index contributed by atoms with van der Waals surface area (Å²) in [7, 11) is 1.90. The maximum atomic E-state index is 10.2. The molecule has 2 aliphatic rings. The summed E-state index contributed by atoms with van der Waals surface area (Å²) < 4.78 is 7.55. The van der Waals surface area contributed by atoms with Crippen LogP contribution in [0.5, 0.6) is 0 Å². The lowest BCUT2D eigenvalue weighted by Crippen LogP contribution is -2.30. The first-order valence-corrected chi connectivity index (χ1v) is 6.03. The quantitative estimate of drug-likeness (QED) is 0.826. The number of rotatable bonds is 3. The van der Waals surface area contributed by atoms with E-state index < -0.39 is 0 Å². The number of aryl methyl sites for hydroxylation is 1. The maximum absolute atomic E-state index is 10.2. The molecule has 1 aromatic heterocycles. The second kappa shape index (κ2) is 3.86. The largest absolute Gasteiger partial charge is 0.392 e. The molecular formula is C12H18N2O2. The Hall–Kier alpha value is -0.870. The van der Waals surface area contributed by atoms with Gasteiger partial charge in [0.25, 0.3) is 0 Å². The number of aromatic nitrogens is 2. The van der Waals surface area contributed by atoms with Crippen molar-refractivity contribution < 1.29 is 9.84 Å². The van der Waals surface area contributed by atoms with Crippen LogP contribution in [0.1, 0.15) is 24.8 Å². The molecule has 2 fully saturated rings. The van der Waals surface area contributed by atoms with E-state index in [0.717, 1.165) is 18.4 Å². The number of aliphatic hydroxyl groups is 1. The van der Waals surface area contributed by atoms with Crippen LogP contribution >= 0.6 is 0 Å². The van der Waals surface area contributed by atoms with E-state index >= 15 is 0 Å². The lowest BCUT2D eigenvalue weighted by Gasteiger charge is -2.23. The maximum Gasteiger partial charge on any atom is 0.0635 e. The predicted octanol–water partition coefficient (Wildman–Crippen LogP) is 0.891. The van der Waals surface area contributed by atoms with Gasteiger partial charge in [-0.1, -0.05) is 0 Å². The Bertz CT molecular complexity index is 377. The molecular weight excluding hydrogens is 204 g/mol. The van der Waals surface area contributed by atoms with E-state index in [1.54, 1.807) is 4.68 Å². The van der Waals surface area contributed by atoms with Crippen LogP contribution in [0.25, 0.3) is 0 Å². The summed E-state index contributed by atoms with van der Waals surface area (Å²) in [6, 6.07) is 0. The zero-order valence-electron chi connectivity index (χ0n) is 9.54. The molecule has 0 spiro atoms. The molecule has 4 heteroatoms. The van der Waals surface area contributed by atoms with Gasteiger partial charge in [0.2, 0.25) is 0 Å². The zero-order chi connectivity index (χ0) is 11.1. The molecule has 0 amide bonds. The first-order valence-electron chi connectivity index (χ1n) is 6.03. The Balaban J connectivity index is 1.63. The summed E-state index contributed by atoms with van der Waals surface area (Å²) in [4.78, 5) is 0. The monoisotopic (exact) mass is 222 g/mol. The summed E-state index contributed by atoms with van der Waals surface area (Å²) in [6.07, 6.45) is 8.28. The Morgan fingerprint density at radius 1 is 1.62 bits per heavy atom. The Morgan fingerprint density at radius 3 is 3.06 bits per heavy atom. The highest BCUT2D eigenvalue weighted by atomic mass is 16.5. The van der Waals surface area contributed by atoms with E-state index in [9.17, 15) is 5.11 Å². The summed E-state index contributed by atoms with van der Waals surface area (Å²) >= 11 is 0. The molecule has 4 nitrogen and oxygen atoms in total. The normalized spacial score (nSPS) is 34.5. The first-order chi connectivity index (χ1) is 7.72. The SMILES string of the molecule is Cn1cc(CC(O)C2CC3CCC2O3)cn1. The molecule has 0 radical (unpaired) electrons. The van der Waals surface area contributed by atoms with Crippen molar-refractivity contribution in [3.05, 3.63) is 18.0 Å².